The van der Waals surface area contributed by atoms with Crippen molar-refractivity contribution >= 4 is 35.5 Å². The number of amides is 2. The number of para-hydroxylation sites is 1. The molecule has 3 rings (SSSR count). The molecule has 0 saturated carbocycles. The molecule has 9 heteroatoms. The molecule has 0 fully saturated rings. The van der Waals surface area contributed by atoms with Crippen LogP contribution in [0.5, 0.6) is 17.2 Å². The van der Waals surface area contributed by atoms with Gasteiger partial charge >= 0.3 is 0 Å². The summed E-state index contributed by atoms with van der Waals surface area (Å²) in [5, 5.41) is 6.27. The first-order valence-corrected chi connectivity index (χ1v) is 9.62. The van der Waals surface area contributed by atoms with Crippen LogP contribution >= 0.6 is 11.8 Å². The molecule has 2 aromatic carbocycles. The Morgan fingerprint density at radius 3 is 2.52 bits per heavy atom. The van der Waals surface area contributed by atoms with Crippen molar-refractivity contribution in [3.8, 4) is 17.2 Å². The summed E-state index contributed by atoms with van der Waals surface area (Å²) in [7, 11) is 4.57. The second kappa shape index (κ2) is 9.33. The zero-order valence-corrected chi connectivity index (χ0v) is 17.0. The van der Waals surface area contributed by atoms with Gasteiger partial charge in [0.05, 0.1) is 44.0 Å². The number of hydrogen-bond acceptors (Lipinski definition) is 7. The lowest BCUT2D eigenvalue weighted by Crippen LogP contribution is -2.33. The van der Waals surface area contributed by atoms with Crippen molar-refractivity contribution in [2.24, 2.45) is 5.10 Å². The largest absolute Gasteiger partial charge is 0.496 e. The molecule has 2 aromatic rings. The van der Waals surface area contributed by atoms with Gasteiger partial charge in [0.15, 0.2) is 0 Å². The van der Waals surface area contributed by atoms with E-state index >= 15 is 0 Å². The van der Waals surface area contributed by atoms with Gasteiger partial charge in [-0.3, -0.25) is 9.59 Å². The van der Waals surface area contributed by atoms with Gasteiger partial charge in [-0.25, -0.2) is 5.43 Å². The van der Waals surface area contributed by atoms with E-state index in [0.29, 0.717) is 22.8 Å². The Hall–Kier alpha value is -3.20. The number of fused-ring (bicyclic) bond motifs is 1. The SMILES string of the molecule is COc1cc(OC)c(/C=N\NC(=O)C[C@H]2Sc3ccccc3NC2=O)c(OC)c1. The molecular weight excluding hydrogens is 394 g/mol. The maximum Gasteiger partial charge on any atom is 0.241 e. The number of nitrogens with zero attached hydrogens (tertiary/aromatic N) is 1. The summed E-state index contributed by atoms with van der Waals surface area (Å²) in [4.78, 5) is 25.4. The van der Waals surface area contributed by atoms with Crippen molar-refractivity contribution < 1.29 is 23.8 Å². The van der Waals surface area contributed by atoms with E-state index in [0.717, 1.165) is 10.6 Å². The van der Waals surface area contributed by atoms with E-state index in [1.807, 2.05) is 24.3 Å². The predicted molar refractivity (Wildman–Crippen MR) is 111 cm³/mol. The highest BCUT2D eigenvalue weighted by molar-refractivity contribution is 8.01. The summed E-state index contributed by atoms with van der Waals surface area (Å²) in [6, 6.07) is 10.9. The lowest BCUT2D eigenvalue weighted by molar-refractivity contribution is -0.124. The molecule has 0 saturated heterocycles. The van der Waals surface area contributed by atoms with Crippen molar-refractivity contribution in [1.29, 1.82) is 0 Å². The van der Waals surface area contributed by atoms with E-state index < -0.39 is 5.25 Å². The molecule has 2 N–H and O–H groups in total. The van der Waals surface area contributed by atoms with E-state index in [2.05, 4.69) is 15.8 Å². The van der Waals surface area contributed by atoms with Gasteiger partial charge in [-0.2, -0.15) is 5.10 Å². The van der Waals surface area contributed by atoms with Crippen LogP contribution < -0.4 is 25.0 Å². The first kappa shape index (κ1) is 20.5. The van der Waals surface area contributed by atoms with Gasteiger partial charge in [0, 0.05) is 23.4 Å². The summed E-state index contributed by atoms with van der Waals surface area (Å²) >= 11 is 1.36. The Kier molecular flexibility index (Phi) is 6.61. The Bertz CT molecular complexity index is 922. The van der Waals surface area contributed by atoms with Gasteiger partial charge in [0.1, 0.15) is 17.2 Å². The van der Waals surface area contributed by atoms with Crippen LogP contribution in [0.15, 0.2) is 46.4 Å². The molecule has 0 bridgehead atoms. The molecule has 29 heavy (non-hydrogen) atoms. The third-order valence-electron chi connectivity index (χ3n) is 4.21. The fraction of sp³-hybridized carbons (Fsp3) is 0.250. The quantitative estimate of drug-likeness (QED) is 0.533. The molecule has 1 atom stereocenters. The van der Waals surface area contributed by atoms with Crippen LogP contribution in [0.1, 0.15) is 12.0 Å². The third-order valence-corrected chi connectivity index (χ3v) is 5.49. The Labute approximate surface area is 172 Å². The average molecular weight is 415 g/mol. The molecule has 0 aliphatic carbocycles. The lowest BCUT2D eigenvalue weighted by Gasteiger charge is -2.23. The number of benzene rings is 2. The van der Waals surface area contributed by atoms with E-state index in [1.54, 1.807) is 19.2 Å². The molecule has 1 aliphatic rings. The molecule has 0 unspecified atom stereocenters. The second-order valence-electron chi connectivity index (χ2n) is 6.03. The Balaban J connectivity index is 1.65. The van der Waals surface area contributed by atoms with Gasteiger partial charge in [-0.1, -0.05) is 12.1 Å². The number of methoxy groups -OCH3 is 3. The topological polar surface area (TPSA) is 98.3 Å². The van der Waals surface area contributed by atoms with Crippen LogP contribution in [0.4, 0.5) is 5.69 Å². The molecule has 0 aromatic heterocycles. The average Bonchev–Trinajstić information content (AvgIpc) is 2.74. The Morgan fingerprint density at radius 1 is 1.17 bits per heavy atom. The molecule has 0 spiro atoms. The molecule has 152 valence electrons. The smallest absolute Gasteiger partial charge is 0.241 e. The van der Waals surface area contributed by atoms with Crippen LogP contribution in [0, 0.1) is 0 Å². The van der Waals surface area contributed by atoms with Crippen molar-refractivity contribution in [3.05, 3.63) is 42.0 Å². The van der Waals surface area contributed by atoms with Gasteiger partial charge in [-0.15, -0.1) is 11.8 Å². The summed E-state index contributed by atoms with van der Waals surface area (Å²) in [5.74, 6) is 0.961. The maximum absolute atomic E-state index is 12.3. The maximum atomic E-state index is 12.3. The first-order chi connectivity index (χ1) is 14.0. The number of anilines is 1. The highest BCUT2D eigenvalue weighted by Crippen LogP contribution is 2.36. The number of rotatable bonds is 7. The minimum absolute atomic E-state index is 0.000936. The van der Waals surface area contributed by atoms with Crippen LogP contribution in [0.3, 0.4) is 0 Å². The second-order valence-corrected chi connectivity index (χ2v) is 7.28. The standard InChI is InChI=1S/C20H21N3O5S/c1-26-12-8-15(27-2)13(16(9-12)28-3)11-21-23-19(24)10-18-20(25)22-14-6-4-5-7-17(14)29-18/h4-9,11,18H,10H2,1-3H3,(H,22,25)(H,23,24)/b21-11-/t18-/m1/s1. The van der Waals surface area contributed by atoms with Crippen molar-refractivity contribution in [2.75, 3.05) is 26.6 Å². The third kappa shape index (κ3) is 4.80. The van der Waals surface area contributed by atoms with Crippen LogP contribution in [0.25, 0.3) is 0 Å². The number of carbonyl (C=O) groups excluding carboxylic acids is 2. The Morgan fingerprint density at radius 2 is 1.86 bits per heavy atom. The number of thioether (sulfide) groups is 1. The summed E-state index contributed by atoms with van der Waals surface area (Å²) in [5.41, 5.74) is 3.76. The van der Waals surface area contributed by atoms with Crippen molar-refractivity contribution in [3.63, 3.8) is 0 Å². The zero-order valence-electron chi connectivity index (χ0n) is 16.2. The number of hydrazone groups is 1. The minimum atomic E-state index is -0.523. The molecule has 1 aliphatic heterocycles. The number of hydrogen-bond donors (Lipinski definition) is 2. The molecule has 1 heterocycles. The highest BCUT2D eigenvalue weighted by atomic mass is 32.2. The zero-order chi connectivity index (χ0) is 20.8. The van der Waals surface area contributed by atoms with Gasteiger partial charge in [0.2, 0.25) is 11.8 Å². The minimum Gasteiger partial charge on any atom is -0.496 e. The fourth-order valence-electron chi connectivity index (χ4n) is 2.77. The summed E-state index contributed by atoms with van der Waals surface area (Å²) in [6.07, 6.45) is 1.43. The molecule has 0 radical (unpaired) electrons. The summed E-state index contributed by atoms with van der Waals surface area (Å²) in [6.45, 7) is 0. The molecule has 8 nitrogen and oxygen atoms in total. The van der Waals surface area contributed by atoms with Crippen LogP contribution in [0.2, 0.25) is 0 Å². The molecule has 2 amide bonds. The summed E-state index contributed by atoms with van der Waals surface area (Å²) < 4.78 is 15.9. The number of ether oxygens (including phenoxy) is 3. The van der Waals surface area contributed by atoms with Crippen molar-refractivity contribution in [2.45, 2.75) is 16.6 Å². The normalized spacial score (nSPS) is 15.4. The van der Waals surface area contributed by atoms with Crippen molar-refractivity contribution in [1.82, 2.24) is 5.43 Å². The predicted octanol–water partition coefficient (Wildman–Crippen LogP) is 2.67. The van der Waals surface area contributed by atoms with E-state index in [9.17, 15) is 9.59 Å². The van der Waals surface area contributed by atoms with E-state index in [1.165, 1.54) is 32.2 Å². The fourth-order valence-corrected chi connectivity index (χ4v) is 3.88. The van der Waals surface area contributed by atoms with Crippen LogP contribution in [-0.4, -0.2) is 44.6 Å². The first-order valence-electron chi connectivity index (χ1n) is 8.74. The highest BCUT2D eigenvalue weighted by Gasteiger charge is 2.28. The van der Waals surface area contributed by atoms with E-state index in [4.69, 9.17) is 14.2 Å². The van der Waals surface area contributed by atoms with Crippen LogP contribution in [-0.2, 0) is 9.59 Å². The lowest BCUT2D eigenvalue weighted by atomic mass is 10.2. The number of carbonyl (C=O) groups is 2. The van der Waals surface area contributed by atoms with Gasteiger partial charge in [0.25, 0.3) is 0 Å². The number of nitrogens with one attached hydrogen (secondary N) is 2. The monoisotopic (exact) mass is 415 g/mol. The van der Waals surface area contributed by atoms with Gasteiger partial charge in [-0.05, 0) is 12.1 Å². The van der Waals surface area contributed by atoms with E-state index in [-0.39, 0.29) is 18.2 Å². The molecular formula is C20H21N3O5S. The van der Waals surface area contributed by atoms with Gasteiger partial charge < -0.3 is 19.5 Å².